The molecule has 2 rings (SSSR count). The Bertz CT molecular complexity index is 702. The van der Waals surface area contributed by atoms with Crippen LogP contribution in [0.15, 0.2) is 51.8 Å². The van der Waals surface area contributed by atoms with Crippen molar-refractivity contribution in [3.63, 3.8) is 0 Å². The summed E-state index contributed by atoms with van der Waals surface area (Å²) < 4.78 is 40.5. The van der Waals surface area contributed by atoms with Crippen molar-refractivity contribution in [1.29, 1.82) is 0 Å². The van der Waals surface area contributed by atoms with Gasteiger partial charge in [-0.1, -0.05) is 15.9 Å². The Hall–Kier alpha value is -1.60. The summed E-state index contributed by atoms with van der Waals surface area (Å²) in [6.07, 6.45) is 0. The summed E-state index contributed by atoms with van der Waals surface area (Å²) in [5.74, 6) is -0.662. The third-order valence-electron chi connectivity index (χ3n) is 2.36. The lowest BCUT2D eigenvalue weighted by atomic mass is 10.3. The predicted octanol–water partition coefficient (Wildman–Crippen LogP) is 2.97. The first kappa shape index (κ1) is 13.8. The maximum atomic E-state index is 13.1. The van der Waals surface area contributed by atoms with Crippen molar-refractivity contribution >= 4 is 37.3 Å². The standard InChI is InChI=1S/C12H10BrFN2O2S/c13-8-1-4-10(5-2-8)16-19(17,18)12-7-9(14)3-6-11(12)15/h1-7,16H,15H2. The maximum absolute atomic E-state index is 13.1. The number of sulfonamides is 1. The smallest absolute Gasteiger partial charge is 0.264 e. The van der Waals surface area contributed by atoms with Crippen LogP contribution >= 0.6 is 15.9 Å². The molecule has 0 heterocycles. The Morgan fingerprint density at radius 2 is 1.74 bits per heavy atom. The summed E-state index contributed by atoms with van der Waals surface area (Å²) in [5, 5.41) is 0. The van der Waals surface area contributed by atoms with Crippen molar-refractivity contribution in [1.82, 2.24) is 0 Å². The molecule has 0 bridgehead atoms. The molecule has 19 heavy (non-hydrogen) atoms. The van der Waals surface area contributed by atoms with E-state index in [1.807, 2.05) is 0 Å². The molecule has 0 aromatic heterocycles. The normalized spacial score (nSPS) is 11.3. The Labute approximate surface area is 118 Å². The molecule has 3 N–H and O–H groups in total. The molecule has 0 saturated heterocycles. The highest BCUT2D eigenvalue weighted by Gasteiger charge is 2.18. The highest BCUT2D eigenvalue weighted by Crippen LogP contribution is 2.23. The van der Waals surface area contributed by atoms with Gasteiger partial charge < -0.3 is 5.73 Å². The summed E-state index contributed by atoms with van der Waals surface area (Å²) in [7, 11) is -3.91. The molecule has 0 aliphatic rings. The Kier molecular flexibility index (Phi) is 3.77. The third-order valence-corrected chi connectivity index (χ3v) is 4.33. The van der Waals surface area contributed by atoms with Crippen LogP contribution in [0.4, 0.5) is 15.8 Å². The van der Waals surface area contributed by atoms with E-state index in [2.05, 4.69) is 20.7 Å². The molecular formula is C12H10BrFN2O2S. The minimum Gasteiger partial charge on any atom is -0.398 e. The number of nitrogen functional groups attached to an aromatic ring is 1. The van der Waals surface area contributed by atoms with Crippen LogP contribution in [0.25, 0.3) is 0 Å². The monoisotopic (exact) mass is 344 g/mol. The van der Waals surface area contributed by atoms with Crippen molar-refractivity contribution in [3.8, 4) is 0 Å². The molecule has 0 aliphatic carbocycles. The van der Waals surface area contributed by atoms with Gasteiger partial charge >= 0.3 is 0 Å². The molecule has 4 nitrogen and oxygen atoms in total. The quantitative estimate of drug-likeness (QED) is 0.840. The average molecular weight is 345 g/mol. The number of hydrogen-bond donors (Lipinski definition) is 2. The SMILES string of the molecule is Nc1ccc(F)cc1S(=O)(=O)Nc1ccc(Br)cc1. The van der Waals surface area contributed by atoms with Crippen LogP contribution in [0.2, 0.25) is 0 Å². The van der Waals surface area contributed by atoms with Gasteiger partial charge in [-0.3, -0.25) is 4.72 Å². The first-order chi connectivity index (χ1) is 8.88. The molecule has 0 atom stereocenters. The Morgan fingerprint density at radius 1 is 1.11 bits per heavy atom. The van der Waals surface area contributed by atoms with Crippen LogP contribution in [0.3, 0.4) is 0 Å². The number of rotatable bonds is 3. The van der Waals surface area contributed by atoms with Gasteiger partial charge in [-0.2, -0.15) is 0 Å². The molecule has 2 aromatic carbocycles. The zero-order chi connectivity index (χ0) is 14.0. The van der Waals surface area contributed by atoms with Crippen LogP contribution in [0.5, 0.6) is 0 Å². The van der Waals surface area contributed by atoms with Crippen molar-refractivity contribution in [2.75, 3.05) is 10.5 Å². The fraction of sp³-hybridized carbons (Fsp3) is 0. The Balaban J connectivity index is 2.37. The number of hydrogen-bond acceptors (Lipinski definition) is 3. The van der Waals surface area contributed by atoms with Crippen molar-refractivity contribution in [3.05, 3.63) is 52.8 Å². The molecule has 0 saturated carbocycles. The molecule has 0 fully saturated rings. The van der Waals surface area contributed by atoms with Crippen molar-refractivity contribution in [2.24, 2.45) is 0 Å². The van der Waals surface area contributed by atoms with E-state index in [-0.39, 0.29) is 10.6 Å². The summed E-state index contributed by atoms with van der Waals surface area (Å²) >= 11 is 3.24. The molecule has 100 valence electrons. The second kappa shape index (κ2) is 5.18. The van der Waals surface area contributed by atoms with Gasteiger partial charge in [0.05, 0.1) is 5.69 Å². The van der Waals surface area contributed by atoms with Gasteiger partial charge in [-0.15, -0.1) is 0 Å². The minimum absolute atomic E-state index is 0.00832. The second-order valence-corrected chi connectivity index (χ2v) is 6.36. The molecule has 0 unspecified atom stereocenters. The molecule has 0 spiro atoms. The zero-order valence-electron chi connectivity index (χ0n) is 9.60. The van der Waals surface area contributed by atoms with Crippen LogP contribution in [-0.2, 0) is 10.0 Å². The minimum atomic E-state index is -3.91. The lowest BCUT2D eigenvalue weighted by molar-refractivity contribution is 0.596. The van der Waals surface area contributed by atoms with Gasteiger partial charge in [0, 0.05) is 10.2 Å². The van der Waals surface area contributed by atoms with Crippen molar-refractivity contribution in [2.45, 2.75) is 4.90 Å². The average Bonchev–Trinajstić information content (AvgIpc) is 2.35. The fourth-order valence-electron chi connectivity index (χ4n) is 1.47. The van der Waals surface area contributed by atoms with E-state index in [4.69, 9.17) is 5.73 Å². The van der Waals surface area contributed by atoms with Gasteiger partial charge in [-0.05, 0) is 42.5 Å². The van der Waals surface area contributed by atoms with Gasteiger partial charge in [0.25, 0.3) is 10.0 Å². The van der Waals surface area contributed by atoms with E-state index in [0.717, 1.165) is 16.6 Å². The lowest BCUT2D eigenvalue weighted by Crippen LogP contribution is -2.15. The Morgan fingerprint density at radius 3 is 2.37 bits per heavy atom. The number of benzene rings is 2. The highest BCUT2D eigenvalue weighted by atomic mass is 79.9. The van der Waals surface area contributed by atoms with E-state index in [0.29, 0.717) is 5.69 Å². The van der Waals surface area contributed by atoms with E-state index < -0.39 is 15.8 Å². The summed E-state index contributed by atoms with van der Waals surface area (Å²) in [6.45, 7) is 0. The number of nitrogens with one attached hydrogen (secondary N) is 1. The fourth-order valence-corrected chi connectivity index (χ4v) is 2.94. The number of anilines is 2. The highest BCUT2D eigenvalue weighted by molar-refractivity contribution is 9.10. The zero-order valence-corrected chi connectivity index (χ0v) is 12.0. The molecule has 7 heteroatoms. The molecule has 2 aromatic rings. The molecule has 0 radical (unpaired) electrons. The first-order valence-corrected chi connectivity index (χ1v) is 7.49. The van der Waals surface area contributed by atoms with Crippen LogP contribution < -0.4 is 10.5 Å². The van der Waals surface area contributed by atoms with E-state index in [9.17, 15) is 12.8 Å². The molecule has 0 aliphatic heterocycles. The first-order valence-electron chi connectivity index (χ1n) is 5.22. The van der Waals surface area contributed by atoms with Crippen LogP contribution in [0, 0.1) is 5.82 Å². The van der Waals surface area contributed by atoms with Gasteiger partial charge in [0.15, 0.2) is 0 Å². The van der Waals surface area contributed by atoms with E-state index in [1.165, 1.54) is 6.07 Å². The largest absolute Gasteiger partial charge is 0.398 e. The summed E-state index contributed by atoms with van der Waals surface area (Å²) in [4.78, 5) is -0.282. The van der Waals surface area contributed by atoms with Crippen LogP contribution in [0.1, 0.15) is 0 Å². The summed E-state index contributed by atoms with van der Waals surface area (Å²) in [6, 6.07) is 9.74. The maximum Gasteiger partial charge on any atom is 0.264 e. The van der Waals surface area contributed by atoms with E-state index >= 15 is 0 Å². The topological polar surface area (TPSA) is 72.2 Å². The number of nitrogens with two attached hydrogens (primary N) is 1. The van der Waals surface area contributed by atoms with Gasteiger partial charge in [-0.25, -0.2) is 12.8 Å². The predicted molar refractivity (Wildman–Crippen MR) is 75.8 cm³/mol. The number of halogens is 2. The molecule has 0 amide bonds. The summed E-state index contributed by atoms with van der Waals surface area (Å²) in [5.41, 5.74) is 5.92. The van der Waals surface area contributed by atoms with Crippen molar-refractivity contribution < 1.29 is 12.8 Å². The van der Waals surface area contributed by atoms with Crippen LogP contribution in [-0.4, -0.2) is 8.42 Å². The lowest BCUT2D eigenvalue weighted by Gasteiger charge is -2.10. The van der Waals surface area contributed by atoms with Gasteiger partial charge in [0.1, 0.15) is 10.7 Å². The molecular weight excluding hydrogens is 335 g/mol. The van der Waals surface area contributed by atoms with E-state index in [1.54, 1.807) is 24.3 Å². The third kappa shape index (κ3) is 3.24. The second-order valence-electron chi connectivity index (χ2n) is 3.79. The van der Waals surface area contributed by atoms with Gasteiger partial charge in [0.2, 0.25) is 0 Å².